The van der Waals surface area contributed by atoms with Crippen LogP contribution in [0.5, 0.6) is 0 Å². The van der Waals surface area contributed by atoms with Crippen molar-refractivity contribution in [2.45, 2.75) is 128 Å². The van der Waals surface area contributed by atoms with Gasteiger partial charge >= 0.3 is 6.18 Å². The zero-order valence-corrected chi connectivity index (χ0v) is 25.3. The largest absolute Gasteiger partial charge is 0.433 e. The molecule has 4 fully saturated rings. The molecule has 1 N–H and O–H groups in total. The summed E-state index contributed by atoms with van der Waals surface area (Å²) in [4.78, 5) is 6.56. The molecule has 8 atom stereocenters. The molecule has 2 bridgehead atoms. The first-order valence-electron chi connectivity index (χ1n) is 16.3. The van der Waals surface area contributed by atoms with Gasteiger partial charge in [-0.05, 0) is 100 Å². The monoisotopic (exact) mass is 580 g/mol. The van der Waals surface area contributed by atoms with Crippen LogP contribution in [-0.4, -0.2) is 60.2 Å². The maximum absolute atomic E-state index is 13.5. The molecule has 8 heteroatoms. The van der Waals surface area contributed by atoms with Crippen LogP contribution in [0.3, 0.4) is 0 Å². The lowest BCUT2D eigenvalue weighted by Gasteiger charge is -2.43. The average molecular weight is 581 g/mol. The molecule has 2 saturated carbocycles. The number of halogens is 3. The van der Waals surface area contributed by atoms with Gasteiger partial charge < -0.3 is 14.6 Å². The number of aliphatic hydroxyl groups excluding tert-OH is 1. The van der Waals surface area contributed by atoms with E-state index in [4.69, 9.17) is 9.47 Å². The number of hydrogen-bond donors (Lipinski definition) is 1. The number of aliphatic hydroxyl groups is 1. The maximum atomic E-state index is 13.5. The Hall–Kier alpha value is -1.22. The molecule has 4 aliphatic rings. The van der Waals surface area contributed by atoms with Gasteiger partial charge in [0.2, 0.25) is 0 Å². The van der Waals surface area contributed by atoms with Gasteiger partial charge in [0.1, 0.15) is 11.9 Å². The van der Waals surface area contributed by atoms with E-state index in [2.05, 4.69) is 16.8 Å². The Kier molecular flexibility index (Phi) is 10.0. The van der Waals surface area contributed by atoms with E-state index in [-0.39, 0.29) is 23.5 Å². The Morgan fingerprint density at radius 1 is 1.15 bits per heavy atom. The number of aryl methyl sites for hydroxylation is 1. The fourth-order valence-corrected chi connectivity index (χ4v) is 8.85. The van der Waals surface area contributed by atoms with Crippen LogP contribution in [0.2, 0.25) is 0 Å². The average Bonchev–Trinajstić information content (AvgIpc) is 3.51. The second kappa shape index (κ2) is 13.2. The SMILES string of the molecule is CCc1ccc(C(F)(F)F)nc1C1CCC2CC(C1)N(C(O)C1(CC)CCC(CCCC3CCOCC3OC)C1)C2. The lowest BCUT2D eigenvalue weighted by atomic mass is 9.78. The minimum absolute atomic E-state index is 0.00673. The first-order chi connectivity index (χ1) is 19.7. The molecule has 2 aliphatic carbocycles. The van der Waals surface area contributed by atoms with E-state index in [1.54, 1.807) is 13.2 Å². The third kappa shape index (κ3) is 6.81. The van der Waals surface area contributed by atoms with Gasteiger partial charge in [-0.3, -0.25) is 4.90 Å². The van der Waals surface area contributed by atoms with Crippen LogP contribution >= 0.6 is 0 Å². The number of rotatable bonds is 10. The van der Waals surface area contributed by atoms with E-state index >= 15 is 0 Å². The summed E-state index contributed by atoms with van der Waals surface area (Å²) in [6.07, 6.45) is 8.57. The van der Waals surface area contributed by atoms with Crippen LogP contribution < -0.4 is 0 Å². The van der Waals surface area contributed by atoms with Crippen LogP contribution in [0.25, 0.3) is 0 Å². The van der Waals surface area contributed by atoms with Crippen molar-refractivity contribution in [1.82, 2.24) is 9.88 Å². The molecule has 3 heterocycles. The molecule has 0 aromatic carbocycles. The van der Waals surface area contributed by atoms with Gasteiger partial charge in [0.25, 0.3) is 0 Å². The summed E-state index contributed by atoms with van der Waals surface area (Å²) in [6.45, 7) is 6.67. The van der Waals surface area contributed by atoms with E-state index in [1.165, 1.54) is 25.7 Å². The molecule has 1 aromatic heterocycles. The Morgan fingerprint density at radius 2 is 1.98 bits per heavy atom. The summed E-state index contributed by atoms with van der Waals surface area (Å²) >= 11 is 0. The zero-order valence-electron chi connectivity index (χ0n) is 25.3. The van der Waals surface area contributed by atoms with Crippen molar-refractivity contribution in [1.29, 1.82) is 0 Å². The fourth-order valence-electron chi connectivity index (χ4n) is 8.85. The molecule has 8 unspecified atom stereocenters. The molecule has 0 spiro atoms. The molecule has 0 radical (unpaired) electrons. The van der Waals surface area contributed by atoms with E-state index in [0.717, 1.165) is 76.1 Å². The Bertz CT molecular complexity index is 1010. The third-order valence-corrected chi connectivity index (χ3v) is 11.3. The standard InChI is InChI=1S/C33H51F3N2O3/c1-4-24-11-12-29(33(34,35)36)37-30(24)26-10-9-23-17-27(18-26)38(20-23)31(39)32(5-2)15-13-22(19-32)7-6-8-25-14-16-41-21-28(25)40-3/h11-12,22-23,25-28,31,39H,4-10,13-21H2,1-3H3. The van der Waals surface area contributed by atoms with Crippen molar-refractivity contribution in [3.05, 3.63) is 29.1 Å². The van der Waals surface area contributed by atoms with Crippen LogP contribution in [-0.2, 0) is 22.1 Å². The molecular formula is C33H51F3N2O3. The highest BCUT2D eigenvalue weighted by molar-refractivity contribution is 5.28. The van der Waals surface area contributed by atoms with E-state index in [9.17, 15) is 18.3 Å². The molecular weight excluding hydrogens is 529 g/mol. The highest BCUT2D eigenvalue weighted by atomic mass is 19.4. The van der Waals surface area contributed by atoms with Gasteiger partial charge in [0, 0.05) is 43.3 Å². The van der Waals surface area contributed by atoms with Crippen molar-refractivity contribution < 1.29 is 27.8 Å². The second-order valence-electron chi connectivity index (χ2n) is 13.6. The van der Waals surface area contributed by atoms with Gasteiger partial charge in [-0.1, -0.05) is 32.8 Å². The molecule has 5 nitrogen and oxygen atoms in total. The van der Waals surface area contributed by atoms with Crippen molar-refractivity contribution in [2.75, 3.05) is 26.9 Å². The summed E-state index contributed by atoms with van der Waals surface area (Å²) < 4.78 is 51.9. The number of fused-ring (bicyclic) bond motifs is 2. The number of hydrogen-bond acceptors (Lipinski definition) is 5. The van der Waals surface area contributed by atoms with Gasteiger partial charge in [-0.25, -0.2) is 4.98 Å². The van der Waals surface area contributed by atoms with Crippen LogP contribution in [0.15, 0.2) is 12.1 Å². The molecule has 2 aliphatic heterocycles. The van der Waals surface area contributed by atoms with Crippen molar-refractivity contribution in [2.24, 2.45) is 23.2 Å². The molecule has 232 valence electrons. The summed E-state index contributed by atoms with van der Waals surface area (Å²) in [5, 5.41) is 12.0. The quantitative estimate of drug-likeness (QED) is 0.314. The Balaban J connectivity index is 1.23. The normalized spacial score (nSPS) is 35.5. The first-order valence-corrected chi connectivity index (χ1v) is 16.3. The highest BCUT2D eigenvalue weighted by Gasteiger charge is 2.50. The minimum atomic E-state index is -4.43. The molecule has 0 amide bonds. The smallest absolute Gasteiger partial charge is 0.379 e. The topological polar surface area (TPSA) is 54.8 Å². The van der Waals surface area contributed by atoms with Gasteiger partial charge in [0.05, 0.1) is 12.7 Å². The van der Waals surface area contributed by atoms with Crippen molar-refractivity contribution in [3.63, 3.8) is 0 Å². The van der Waals surface area contributed by atoms with Crippen molar-refractivity contribution >= 4 is 0 Å². The second-order valence-corrected chi connectivity index (χ2v) is 13.6. The summed E-state index contributed by atoms with van der Waals surface area (Å²) in [6, 6.07) is 2.95. The number of ether oxygens (including phenoxy) is 2. The number of likely N-dealkylation sites (tertiary alicyclic amines) is 1. The maximum Gasteiger partial charge on any atom is 0.433 e. The lowest BCUT2D eigenvalue weighted by molar-refractivity contribution is -0.141. The number of nitrogens with zero attached hydrogens (tertiary/aromatic N) is 2. The van der Waals surface area contributed by atoms with E-state index < -0.39 is 18.1 Å². The van der Waals surface area contributed by atoms with Crippen LogP contribution in [0.1, 0.15) is 114 Å². The van der Waals surface area contributed by atoms with Gasteiger partial charge in [-0.2, -0.15) is 13.2 Å². The molecule has 5 rings (SSSR count). The minimum Gasteiger partial charge on any atom is -0.379 e. The van der Waals surface area contributed by atoms with E-state index in [1.807, 2.05) is 6.92 Å². The third-order valence-electron chi connectivity index (χ3n) is 11.3. The summed E-state index contributed by atoms with van der Waals surface area (Å²) in [5.41, 5.74) is 0.681. The predicted octanol–water partition coefficient (Wildman–Crippen LogP) is 7.36. The van der Waals surface area contributed by atoms with E-state index in [0.29, 0.717) is 36.5 Å². The summed E-state index contributed by atoms with van der Waals surface area (Å²) in [7, 11) is 1.79. The Labute approximate surface area is 244 Å². The Morgan fingerprint density at radius 3 is 2.71 bits per heavy atom. The van der Waals surface area contributed by atoms with Crippen LogP contribution in [0.4, 0.5) is 13.2 Å². The van der Waals surface area contributed by atoms with Gasteiger partial charge in [-0.15, -0.1) is 0 Å². The fraction of sp³-hybridized carbons (Fsp3) is 0.848. The number of pyridine rings is 1. The summed E-state index contributed by atoms with van der Waals surface area (Å²) in [5.74, 6) is 1.73. The molecule has 41 heavy (non-hydrogen) atoms. The molecule has 2 saturated heterocycles. The number of alkyl halides is 3. The molecule has 1 aromatic rings. The van der Waals surface area contributed by atoms with Gasteiger partial charge in [0.15, 0.2) is 0 Å². The predicted molar refractivity (Wildman–Crippen MR) is 153 cm³/mol. The number of aromatic nitrogens is 1. The van der Waals surface area contributed by atoms with Crippen LogP contribution in [0, 0.1) is 23.2 Å². The van der Waals surface area contributed by atoms with Crippen molar-refractivity contribution in [3.8, 4) is 0 Å². The highest BCUT2D eigenvalue weighted by Crippen LogP contribution is 2.52. The zero-order chi connectivity index (χ0) is 29.2. The first kappa shape index (κ1) is 31.2. The number of methoxy groups -OCH3 is 1. The lowest BCUT2D eigenvalue weighted by Crippen LogP contribution is -2.49.